The Morgan fingerprint density at radius 1 is 1.37 bits per heavy atom. The molecule has 1 unspecified atom stereocenters. The molecule has 1 aromatic rings. The molecule has 1 atom stereocenters. The second kappa shape index (κ2) is 6.89. The standard InChI is InChI=1S/C15H26BrN3/c1-3-13-15(16)14(19(2)18-13)10-12(17)9-11-7-5-4-6-8-11/h11-12H,3-10,17H2,1-2H3. The summed E-state index contributed by atoms with van der Waals surface area (Å²) < 4.78 is 3.15. The number of hydrogen-bond acceptors (Lipinski definition) is 2. The van der Waals surface area contributed by atoms with E-state index in [0.717, 1.165) is 28.9 Å². The molecule has 19 heavy (non-hydrogen) atoms. The van der Waals surface area contributed by atoms with Gasteiger partial charge in [-0.3, -0.25) is 4.68 Å². The fraction of sp³-hybridized carbons (Fsp3) is 0.800. The molecular weight excluding hydrogens is 302 g/mol. The maximum absolute atomic E-state index is 6.36. The van der Waals surface area contributed by atoms with Crippen LogP contribution in [0.4, 0.5) is 0 Å². The Labute approximate surface area is 125 Å². The third-order valence-electron chi connectivity index (χ3n) is 4.32. The summed E-state index contributed by atoms with van der Waals surface area (Å²) in [6.45, 7) is 2.14. The van der Waals surface area contributed by atoms with Crippen molar-refractivity contribution in [3.8, 4) is 0 Å². The van der Waals surface area contributed by atoms with E-state index in [1.807, 2.05) is 11.7 Å². The first-order valence-corrected chi connectivity index (χ1v) is 8.37. The number of aromatic nitrogens is 2. The quantitative estimate of drug-likeness (QED) is 0.898. The van der Waals surface area contributed by atoms with E-state index in [1.54, 1.807) is 0 Å². The molecule has 1 saturated carbocycles. The van der Waals surface area contributed by atoms with Gasteiger partial charge in [0.25, 0.3) is 0 Å². The summed E-state index contributed by atoms with van der Waals surface area (Å²) in [6, 6.07) is 0.263. The molecule has 0 aromatic carbocycles. The fourth-order valence-electron chi connectivity index (χ4n) is 3.22. The Bertz CT molecular complexity index is 408. The van der Waals surface area contributed by atoms with Crippen molar-refractivity contribution in [1.82, 2.24) is 9.78 Å². The molecule has 1 heterocycles. The van der Waals surface area contributed by atoms with Crippen LogP contribution in [-0.2, 0) is 19.9 Å². The molecule has 2 N–H and O–H groups in total. The third-order valence-corrected chi connectivity index (χ3v) is 5.23. The van der Waals surface area contributed by atoms with E-state index in [4.69, 9.17) is 5.73 Å². The van der Waals surface area contributed by atoms with Crippen LogP contribution in [0.1, 0.15) is 56.8 Å². The zero-order chi connectivity index (χ0) is 13.8. The Morgan fingerprint density at radius 3 is 2.63 bits per heavy atom. The normalized spacial score (nSPS) is 18.7. The third kappa shape index (κ3) is 3.82. The molecule has 0 bridgehead atoms. The van der Waals surface area contributed by atoms with Crippen molar-refractivity contribution < 1.29 is 0 Å². The average molecular weight is 328 g/mol. The zero-order valence-corrected chi connectivity index (χ0v) is 13.7. The van der Waals surface area contributed by atoms with Crippen molar-refractivity contribution >= 4 is 15.9 Å². The van der Waals surface area contributed by atoms with Crippen molar-refractivity contribution in [1.29, 1.82) is 0 Å². The molecule has 1 aliphatic rings. The van der Waals surface area contributed by atoms with Gasteiger partial charge in [-0.05, 0) is 34.7 Å². The first kappa shape index (κ1) is 15.0. The van der Waals surface area contributed by atoms with E-state index < -0.39 is 0 Å². The van der Waals surface area contributed by atoms with Crippen molar-refractivity contribution in [2.24, 2.45) is 18.7 Å². The highest BCUT2D eigenvalue weighted by Gasteiger charge is 2.20. The molecule has 0 amide bonds. The highest BCUT2D eigenvalue weighted by molar-refractivity contribution is 9.10. The van der Waals surface area contributed by atoms with Gasteiger partial charge in [0, 0.05) is 19.5 Å². The van der Waals surface area contributed by atoms with E-state index in [-0.39, 0.29) is 6.04 Å². The molecule has 3 nitrogen and oxygen atoms in total. The van der Waals surface area contributed by atoms with Crippen LogP contribution in [0.3, 0.4) is 0 Å². The van der Waals surface area contributed by atoms with Crippen molar-refractivity contribution in [2.75, 3.05) is 0 Å². The number of halogens is 1. The van der Waals surface area contributed by atoms with Crippen molar-refractivity contribution in [3.05, 3.63) is 15.9 Å². The van der Waals surface area contributed by atoms with Crippen molar-refractivity contribution in [3.63, 3.8) is 0 Å². The van der Waals surface area contributed by atoms with Crippen LogP contribution in [0.15, 0.2) is 4.47 Å². The predicted molar refractivity (Wildman–Crippen MR) is 83.2 cm³/mol. The van der Waals surface area contributed by atoms with E-state index in [1.165, 1.54) is 44.2 Å². The summed E-state index contributed by atoms with van der Waals surface area (Å²) in [7, 11) is 2.02. The fourth-order valence-corrected chi connectivity index (χ4v) is 4.00. The van der Waals surface area contributed by atoms with Crippen molar-refractivity contribution in [2.45, 2.75) is 64.3 Å². The van der Waals surface area contributed by atoms with Crippen LogP contribution in [0.5, 0.6) is 0 Å². The number of nitrogens with two attached hydrogens (primary N) is 1. The van der Waals surface area contributed by atoms with Gasteiger partial charge in [-0.2, -0.15) is 5.10 Å². The first-order valence-electron chi connectivity index (χ1n) is 7.57. The second-order valence-electron chi connectivity index (χ2n) is 5.89. The van der Waals surface area contributed by atoms with E-state index in [0.29, 0.717) is 0 Å². The lowest BCUT2D eigenvalue weighted by Gasteiger charge is -2.24. The van der Waals surface area contributed by atoms with Gasteiger partial charge < -0.3 is 5.73 Å². The monoisotopic (exact) mass is 327 g/mol. The predicted octanol–water partition coefficient (Wildman–Crippen LogP) is 3.59. The smallest absolute Gasteiger partial charge is 0.0766 e. The molecule has 108 valence electrons. The lowest BCUT2D eigenvalue weighted by molar-refractivity contribution is 0.315. The number of aryl methyl sites for hydroxylation is 2. The second-order valence-corrected chi connectivity index (χ2v) is 6.68. The summed E-state index contributed by atoms with van der Waals surface area (Å²) in [5.41, 5.74) is 8.75. The molecule has 0 aliphatic heterocycles. The summed E-state index contributed by atoms with van der Waals surface area (Å²) in [6.07, 6.45) is 10.0. The highest BCUT2D eigenvalue weighted by Crippen LogP contribution is 2.29. The van der Waals surface area contributed by atoms with Crippen LogP contribution in [0, 0.1) is 5.92 Å². The Morgan fingerprint density at radius 2 is 2.05 bits per heavy atom. The van der Waals surface area contributed by atoms with Crippen LogP contribution in [0.25, 0.3) is 0 Å². The minimum Gasteiger partial charge on any atom is -0.327 e. The largest absolute Gasteiger partial charge is 0.327 e. The lowest BCUT2D eigenvalue weighted by Crippen LogP contribution is -2.28. The Kier molecular flexibility index (Phi) is 5.46. The van der Waals surface area contributed by atoms with Crippen LogP contribution >= 0.6 is 15.9 Å². The van der Waals surface area contributed by atoms with Crippen LogP contribution in [-0.4, -0.2) is 15.8 Å². The van der Waals surface area contributed by atoms with Gasteiger partial charge in [-0.25, -0.2) is 0 Å². The molecule has 0 spiro atoms. The SMILES string of the molecule is CCc1nn(C)c(CC(N)CC2CCCCC2)c1Br. The van der Waals surface area contributed by atoms with E-state index in [2.05, 4.69) is 28.0 Å². The van der Waals surface area contributed by atoms with Gasteiger partial charge in [-0.1, -0.05) is 39.0 Å². The molecule has 1 fully saturated rings. The minimum absolute atomic E-state index is 0.263. The summed E-state index contributed by atoms with van der Waals surface area (Å²) in [5.74, 6) is 0.849. The average Bonchev–Trinajstić information content (AvgIpc) is 2.67. The van der Waals surface area contributed by atoms with E-state index >= 15 is 0 Å². The molecular formula is C15H26BrN3. The maximum Gasteiger partial charge on any atom is 0.0766 e. The molecule has 0 saturated heterocycles. The summed E-state index contributed by atoms with van der Waals surface area (Å²) in [5, 5.41) is 4.54. The molecule has 2 rings (SSSR count). The summed E-state index contributed by atoms with van der Waals surface area (Å²) >= 11 is 3.68. The molecule has 4 heteroatoms. The number of hydrogen-bond donors (Lipinski definition) is 1. The lowest BCUT2D eigenvalue weighted by atomic mass is 9.84. The van der Waals surface area contributed by atoms with Gasteiger partial charge in [0.15, 0.2) is 0 Å². The van der Waals surface area contributed by atoms with Crippen LogP contribution in [0.2, 0.25) is 0 Å². The highest BCUT2D eigenvalue weighted by atomic mass is 79.9. The number of nitrogens with zero attached hydrogens (tertiary/aromatic N) is 2. The van der Waals surface area contributed by atoms with E-state index in [9.17, 15) is 0 Å². The molecule has 1 aromatic heterocycles. The first-order chi connectivity index (χ1) is 9.11. The maximum atomic E-state index is 6.36. The van der Waals surface area contributed by atoms with Gasteiger partial charge in [0.1, 0.15) is 0 Å². The Balaban J connectivity index is 1.94. The minimum atomic E-state index is 0.263. The topological polar surface area (TPSA) is 43.8 Å². The zero-order valence-electron chi connectivity index (χ0n) is 12.2. The van der Waals surface area contributed by atoms with Gasteiger partial charge in [-0.15, -0.1) is 0 Å². The molecule has 1 aliphatic carbocycles. The number of rotatable bonds is 5. The van der Waals surface area contributed by atoms with Gasteiger partial charge in [0.2, 0.25) is 0 Å². The van der Waals surface area contributed by atoms with Gasteiger partial charge in [0.05, 0.1) is 15.9 Å². The van der Waals surface area contributed by atoms with Crippen LogP contribution < -0.4 is 5.73 Å². The Hall–Kier alpha value is -0.350. The molecule has 0 radical (unpaired) electrons. The van der Waals surface area contributed by atoms with Gasteiger partial charge >= 0.3 is 0 Å². The summed E-state index contributed by atoms with van der Waals surface area (Å²) in [4.78, 5) is 0.